The van der Waals surface area contributed by atoms with E-state index >= 15 is 0 Å². The molecule has 0 saturated carbocycles. The van der Waals surface area contributed by atoms with Gasteiger partial charge in [0, 0.05) is 19.7 Å². The third-order valence-corrected chi connectivity index (χ3v) is 3.02. The molecular formula is C15H21NO. The van der Waals surface area contributed by atoms with Gasteiger partial charge in [-0.05, 0) is 24.8 Å². The predicted octanol–water partition coefficient (Wildman–Crippen LogP) is 2.86. The van der Waals surface area contributed by atoms with Gasteiger partial charge in [-0.3, -0.25) is 0 Å². The van der Waals surface area contributed by atoms with Crippen LogP contribution in [-0.4, -0.2) is 25.8 Å². The highest BCUT2D eigenvalue weighted by Crippen LogP contribution is 2.11. The van der Waals surface area contributed by atoms with E-state index in [1.54, 1.807) is 0 Å². The minimum absolute atomic E-state index is 0.425. The second kappa shape index (κ2) is 7.25. The summed E-state index contributed by atoms with van der Waals surface area (Å²) < 4.78 is 5.66. The maximum Gasteiger partial charge on any atom is 0.0699 e. The van der Waals surface area contributed by atoms with Gasteiger partial charge in [-0.1, -0.05) is 42.5 Å². The third-order valence-electron chi connectivity index (χ3n) is 3.02. The number of benzene rings is 1. The normalized spacial score (nSPS) is 20.8. The Morgan fingerprint density at radius 3 is 2.88 bits per heavy atom. The summed E-state index contributed by atoms with van der Waals surface area (Å²) in [5.74, 6) is 0. The average molecular weight is 231 g/mol. The number of hydrogen-bond donors (Lipinski definition) is 1. The molecule has 1 fully saturated rings. The van der Waals surface area contributed by atoms with Gasteiger partial charge in [0.1, 0.15) is 0 Å². The van der Waals surface area contributed by atoms with Crippen LogP contribution in [-0.2, 0) is 4.74 Å². The Hall–Kier alpha value is -1.12. The van der Waals surface area contributed by atoms with Crippen LogP contribution in [0.3, 0.4) is 0 Å². The van der Waals surface area contributed by atoms with Crippen LogP contribution in [0, 0.1) is 0 Å². The van der Waals surface area contributed by atoms with E-state index in [2.05, 4.69) is 41.7 Å². The molecule has 0 aliphatic carbocycles. The summed E-state index contributed by atoms with van der Waals surface area (Å²) in [5.41, 5.74) is 1.25. The van der Waals surface area contributed by atoms with Gasteiger partial charge in [0.05, 0.1) is 6.10 Å². The van der Waals surface area contributed by atoms with Gasteiger partial charge in [-0.2, -0.15) is 0 Å². The molecule has 2 heteroatoms. The highest BCUT2D eigenvalue weighted by Gasteiger charge is 2.12. The van der Waals surface area contributed by atoms with Crippen molar-refractivity contribution in [3.05, 3.63) is 42.0 Å². The molecule has 1 saturated heterocycles. The van der Waals surface area contributed by atoms with Gasteiger partial charge in [0.15, 0.2) is 0 Å². The van der Waals surface area contributed by atoms with Gasteiger partial charge in [0.25, 0.3) is 0 Å². The summed E-state index contributed by atoms with van der Waals surface area (Å²) in [7, 11) is 0. The smallest absolute Gasteiger partial charge is 0.0699 e. The largest absolute Gasteiger partial charge is 0.377 e. The lowest BCUT2D eigenvalue weighted by Gasteiger charge is -2.22. The molecule has 92 valence electrons. The topological polar surface area (TPSA) is 21.3 Å². The van der Waals surface area contributed by atoms with E-state index in [0.29, 0.717) is 6.10 Å². The minimum Gasteiger partial charge on any atom is -0.377 e. The maximum absolute atomic E-state index is 5.66. The SMILES string of the molecule is C(=Cc1ccccc1)CNCC1CCCCO1. The highest BCUT2D eigenvalue weighted by molar-refractivity contribution is 5.48. The standard InChI is InChI=1S/C15H21NO/c1-2-7-14(8-3-1)9-6-11-16-13-15-10-4-5-12-17-15/h1-3,6-9,15-16H,4-5,10-13H2. The van der Waals surface area contributed by atoms with Crippen molar-refractivity contribution < 1.29 is 4.74 Å². The zero-order chi connectivity index (χ0) is 11.8. The molecule has 0 spiro atoms. The zero-order valence-corrected chi connectivity index (χ0v) is 10.3. The Morgan fingerprint density at radius 1 is 1.24 bits per heavy atom. The molecule has 0 aromatic heterocycles. The third kappa shape index (κ3) is 4.72. The Bertz CT molecular complexity index is 328. The maximum atomic E-state index is 5.66. The summed E-state index contributed by atoms with van der Waals surface area (Å²) in [5, 5.41) is 3.41. The van der Waals surface area contributed by atoms with Gasteiger partial charge in [0.2, 0.25) is 0 Å². The second-order valence-corrected chi connectivity index (χ2v) is 4.46. The van der Waals surface area contributed by atoms with E-state index in [9.17, 15) is 0 Å². The minimum atomic E-state index is 0.425. The van der Waals surface area contributed by atoms with Crippen LogP contribution < -0.4 is 5.32 Å². The molecule has 1 aromatic rings. The van der Waals surface area contributed by atoms with Gasteiger partial charge >= 0.3 is 0 Å². The van der Waals surface area contributed by atoms with Crippen molar-refractivity contribution in [2.75, 3.05) is 19.7 Å². The molecule has 1 unspecified atom stereocenters. The van der Waals surface area contributed by atoms with Crippen LogP contribution in [0.25, 0.3) is 6.08 Å². The molecule has 2 rings (SSSR count). The summed E-state index contributed by atoms with van der Waals surface area (Å²) in [4.78, 5) is 0. The van der Waals surface area contributed by atoms with E-state index in [1.807, 2.05) is 6.07 Å². The molecule has 0 bridgehead atoms. The monoisotopic (exact) mass is 231 g/mol. The number of nitrogens with one attached hydrogen (secondary N) is 1. The van der Waals surface area contributed by atoms with E-state index in [-0.39, 0.29) is 0 Å². The van der Waals surface area contributed by atoms with Crippen LogP contribution in [0.2, 0.25) is 0 Å². The second-order valence-electron chi connectivity index (χ2n) is 4.46. The molecule has 0 amide bonds. The van der Waals surface area contributed by atoms with Crippen molar-refractivity contribution in [3.8, 4) is 0 Å². The molecular weight excluding hydrogens is 210 g/mol. The molecule has 1 atom stereocenters. The van der Waals surface area contributed by atoms with Crippen LogP contribution in [0.5, 0.6) is 0 Å². The average Bonchev–Trinajstić information content (AvgIpc) is 2.41. The first-order valence-electron chi connectivity index (χ1n) is 6.49. The van der Waals surface area contributed by atoms with Crippen molar-refractivity contribution in [1.29, 1.82) is 0 Å². The summed E-state index contributed by atoms with van der Waals surface area (Å²) in [6.07, 6.45) is 8.48. The number of hydrogen-bond acceptors (Lipinski definition) is 2. The van der Waals surface area contributed by atoms with Crippen LogP contribution in [0.15, 0.2) is 36.4 Å². The van der Waals surface area contributed by atoms with Crippen molar-refractivity contribution in [2.45, 2.75) is 25.4 Å². The molecule has 0 radical (unpaired) electrons. The molecule has 1 aliphatic heterocycles. The van der Waals surface area contributed by atoms with E-state index in [0.717, 1.165) is 19.7 Å². The quantitative estimate of drug-likeness (QED) is 0.787. The predicted molar refractivity (Wildman–Crippen MR) is 71.9 cm³/mol. The fraction of sp³-hybridized carbons (Fsp3) is 0.467. The summed E-state index contributed by atoms with van der Waals surface area (Å²) >= 11 is 0. The zero-order valence-electron chi connectivity index (χ0n) is 10.3. The first-order chi connectivity index (χ1) is 8.45. The fourth-order valence-electron chi connectivity index (χ4n) is 2.06. The molecule has 1 aromatic carbocycles. The first-order valence-corrected chi connectivity index (χ1v) is 6.49. The van der Waals surface area contributed by atoms with Crippen molar-refractivity contribution in [2.24, 2.45) is 0 Å². The molecule has 2 nitrogen and oxygen atoms in total. The van der Waals surface area contributed by atoms with Crippen LogP contribution >= 0.6 is 0 Å². The fourth-order valence-corrected chi connectivity index (χ4v) is 2.06. The lowest BCUT2D eigenvalue weighted by atomic mass is 10.1. The number of ether oxygens (including phenoxy) is 1. The lowest BCUT2D eigenvalue weighted by molar-refractivity contribution is 0.0175. The van der Waals surface area contributed by atoms with Crippen molar-refractivity contribution in [3.63, 3.8) is 0 Å². The van der Waals surface area contributed by atoms with E-state index in [1.165, 1.54) is 24.8 Å². The summed E-state index contributed by atoms with van der Waals surface area (Å²) in [6, 6.07) is 10.4. The molecule has 17 heavy (non-hydrogen) atoms. The van der Waals surface area contributed by atoms with E-state index < -0.39 is 0 Å². The number of rotatable bonds is 5. The molecule has 1 N–H and O–H groups in total. The highest BCUT2D eigenvalue weighted by atomic mass is 16.5. The Kier molecular flexibility index (Phi) is 5.27. The molecule has 1 aliphatic rings. The van der Waals surface area contributed by atoms with Gasteiger partial charge < -0.3 is 10.1 Å². The van der Waals surface area contributed by atoms with Gasteiger partial charge in [-0.15, -0.1) is 0 Å². The lowest BCUT2D eigenvalue weighted by Crippen LogP contribution is -2.31. The van der Waals surface area contributed by atoms with Crippen LogP contribution in [0.1, 0.15) is 24.8 Å². The Balaban J connectivity index is 1.61. The Labute approximate surface area is 104 Å². The van der Waals surface area contributed by atoms with Gasteiger partial charge in [-0.25, -0.2) is 0 Å². The summed E-state index contributed by atoms with van der Waals surface area (Å²) in [6.45, 7) is 2.82. The molecule has 1 heterocycles. The van der Waals surface area contributed by atoms with Crippen molar-refractivity contribution in [1.82, 2.24) is 5.32 Å². The van der Waals surface area contributed by atoms with E-state index in [4.69, 9.17) is 4.74 Å². The Morgan fingerprint density at radius 2 is 2.12 bits per heavy atom. The van der Waals surface area contributed by atoms with Crippen LogP contribution in [0.4, 0.5) is 0 Å². The van der Waals surface area contributed by atoms with Crippen molar-refractivity contribution >= 4 is 6.08 Å². The first kappa shape index (κ1) is 12.3.